The zero-order valence-electron chi connectivity index (χ0n) is 11.5. The minimum atomic E-state index is 0.0783. The van der Waals surface area contributed by atoms with E-state index in [2.05, 4.69) is 31.9 Å². The molecule has 0 atom stereocenters. The summed E-state index contributed by atoms with van der Waals surface area (Å²) < 4.78 is 7.62. The molecule has 0 radical (unpaired) electrons. The van der Waals surface area contributed by atoms with E-state index in [1.54, 1.807) is 16.2 Å². The van der Waals surface area contributed by atoms with Crippen molar-refractivity contribution in [1.82, 2.24) is 4.90 Å². The van der Waals surface area contributed by atoms with Gasteiger partial charge in [0.05, 0.1) is 23.4 Å². The van der Waals surface area contributed by atoms with Crippen LogP contribution in [0.3, 0.4) is 0 Å². The second kappa shape index (κ2) is 7.96. The van der Waals surface area contributed by atoms with Crippen molar-refractivity contribution in [1.29, 1.82) is 0 Å². The summed E-state index contributed by atoms with van der Waals surface area (Å²) >= 11 is 8.45. The van der Waals surface area contributed by atoms with Gasteiger partial charge in [-0.1, -0.05) is 22.0 Å². The first-order chi connectivity index (χ1) is 10.0. The van der Waals surface area contributed by atoms with Gasteiger partial charge in [0, 0.05) is 16.4 Å². The molecule has 0 bridgehead atoms. The highest BCUT2D eigenvalue weighted by Gasteiger charge is 2.10. The largest absolute Gasteiger partial charge is 0.493 e. The maximum absolute atomic E-state index is 12.0. The summed E-state index contributed by atoms with van der Waals surface area (Å²) in [5, 5.41) is 0. The molecule has 0 aliphatic heterocycles. The highest BCUT2D eigenvalue weighted by Crippen LogP contribution is 2.23. The average Bonchev–Trinajstić information content (AvgIpc) is 2.84. The molecular weight excluding hydrogens is 418 g/mol. The van der Waals surface area contributed by atoms with E-state index < -0.39 is 0 Å². The van der Waals surface area contributed by atoms with E-state index in [-0.39, 0.29) is 5.91 Å². The van der Waals surface area contributed by atoms with E-state index in [0.29, 0.717) is 19.6 Å². The Morgan fingerprint density at radius 3 is 2.76 bits per heavy atom. The van der Waals surface area contributed by atoms with Crippen LogP contribution in [0.1, 0.15) is 11.3 Å². The zero-order chi connectivity index (χ0) is 15.2. The van der Waals surface area contributed by atoms with Crippen LogP contribution in [0, 0.1) is 0 Å². The lowest BCUT2D eigenvalue weighted by Crippen LogP contribution is -2.27. The molecule has 2 aromatic rings. The van der Waals surface area contributed by atoms with E-state index in [4.69, 9.17) is 4.74 Å². The fraction of sp³-hybridized carbons (Fsp3) is 0.267. The van der Waals surface area contributed by atoms with Crippen molar-refractivity contribution in [2.24, 2.45) is 0 Å². The number of thiophene rings is 1. The fourth-order valence-electron chi connectivity index (χ4n) is 1.76. The summed E-state index contributed by atoms with van der Waals surface area (Å²) in [5.74, 6) is 0.844. The van der Waals surface area contributed by atoms with Crippen LogP contribution in [0.5, 0.6) is 5.75 Å². The van der Waals surface area contributed by atoms with Gasteiger partial charge in [-0.3, -0.25) is 4.79 Å². The average molecular weight is 433 g/mol. The van der Waals surface area contributed by atoms with E-state index in [9.17, 15) is 4.79 Å². The second-order valence-electron chi connectivity index (χ2n) is 4.51. The molecule has 1 aromatic carbocycles. The van der Waals surface area contributed by atoms with Gasteiger partial charge in [0.25, 0.3) is 0 Å². The number of hydrogen-bond acceptors (Lipinski definition) is 3. The van der Waals surface area contributed by atoms with Crippen LogP contribution in [0.2, 0.25) is 0 Å². The first-order valence-electron chi connectivity index (χ1n) is 6.41. The Bertz CT molecular complexity index is 615. The smallest absolute Gasteiger partial charge is 0.226 e. The van der Waals surface area contributed by atoms with Gasteiger partial charge in [-0.05, 0) is 46.3 Å². The molecule has 0 aliphatic rings. The Kier molecular flexibility index (Phi) is 6.26. The van der Waals surface area contributed by atoms with Gasteiger partial charge in [-0.2, -0.15) is 0 Å². The summed E-state index contributed by atoms with van der Waals surface area (Å²) in [7, 11) is 1.81. The van der Waals surface area contributed by atoms with Crippen LogP contribution in [-0.4, -0.2) is 24.5 Å². The van der Waals surface area contributed by atoms with Crippen molar-refractivity contribution in [2.45, 2.75) is 13.0 Å². The van der Waals surface area contributed by atoms with Crippen LogP contribution in [0.4, 0.5) is 0 Å². The Hall–Kier alpha value is -0.850. The summed E-state index contributed by atoms with van der Waals surface area (Å²) in [6.07, 6.45) is 0.371. The number of carbonyl (C=O) groups excluding carboxylic acids is 1. The molecule has 0 fully saturated rings. The Labute approximate surface area is 145 Å². The molecule has 1 heterocycles. The predicted octanol–water partition coefficient (Wildman–Crippen LogP) is 4.70. The van der Waals surface area contributed by atoms with Crippen molar-refractivity contribution in [3.63, 3.8) is 0 Å². The number of rotatable bonds is 6. The standard InChI is InChI=1S/C15H15Br2NO2S/c1-18(10-13-5-6-14(17)21-13)15(19)7-8-20-12-4-2-3-11(16)9-12/h2-6,9H,7-8,10H2,1H3. The van der Waals surface area contributed by atoms with Crippen LogP contribution in [-0.2, 0) is 11.3 Å². The van der Waals surface area contributed by atoms with Gasteiger partial charge in [0.15, 0.2) is 0 Å². The van der Waals surface area contributed by atoms with Gasteiger partial charge in [-0.25, -0.2) is 0 Å². The number of amides is 1. The first-order valence-corrected chi connectivity index (χ1v) is 8.81. The molecule has 21 heavy (non-hydrogen) atoms. The fourth-order valence-corrected chi connectivity index (χ4v) is 3.68. The summed E-state index contributed by atoms with van der Waals surface area (Å²) in [5.41, 5.74) is 0. The topological polar surface area (TPSA) is 29.5 Å². The van der Waals surface area contributed by atoms with Crippen molar-refractivity contribution >= 4 is 49.1 Å². The van der Waals surface area contributed by atoms with Gasteiger partial charge < -0.3 is 9.64 Å². The molecule has 112 valence electrons. The molecule has 3 nitrogen and oxygen atoms in total. The van der Waals surface area contributed by atoms with E-state index in [1.807, 2.05) is 43.4 Å². The lowest BCUT2D eigenvalue weighted by Gasteiger charge is -2.16. The molecular formula is C15H15Br2NO2S. The minimum absolute atomic E-state index is 0.0783. The van der Waals surface area contributed by atoms with Gasteiger partial charge in [-0.15, -0.1) is 11.3 Å². The molecule has 1 amide bonds. The van der Waals surface area contributed by atoms with Crippen molar-refractivity contribution in [3.8, 4) is 5.75 Å². The first kappa shape index (κ1) is 16.5. The molecule has 6 heteroatoms. The maximum Gasteiger partial charge on any atom is 0.226 e. The normalized spacial score (nSPS) is 10.4. The Balaban J connectivity index is 1.76. The maximum atomic E-state index is 12.0. The van der Waals surface area contributed by atoms with Gasteiger partial charge in [0.1, 0.15) is 5.75 Å². The van der Waals surface area contributed by atoms with Crippen LogP contribution in [0.15, 0.2) is 44.7 Å². The van der Waals surface area contributed by atoms with Crippen LogP contribution in [0.25, 0.3) is 0 Å². The number of nitrogens with zero attached hydrogens (tertiary/aromatic N) is 1. The molecule has 1 aromatic heterocycles. The predicted molar refractivity (Wildman–Crippen MR) is 92.7 cm³/mol. The molecule has 0 unspecified atom stereocenters. The quantitative estimate of drug-likeness (QED) is 0.661. The SMILES string of the molecule is CN(Cc1ccc(Br)s1)C(=O)CCOc1cccc(Br)c1. The number of benzene rings is 1. The van der Waals surface area contributed by atoms with Gasteiger partial charge in [0.2, 0.25) is 5.91 Å². The zero-order valence-corrected chi connectivity index (χ0v) is 15.5. The van der Waals surface area contributed by atoms with Crippen molar-refractivity contribution < 1.29 is 9.53 Å². The summed E-state index contributed by atoms with van der Waals surface area (Å²) in [6, 6.07) is 11.6. The third-order valence-electron chi connectivity index (χ3n) is 2.83. The molecule has 0 N–H and O–H groups in total. The highest BCUT2D eigenvalue weighted by atomic mass is 79.9. The minimum Gasteiger partial charge on any atom is -0.493 e. The summed E-state index contributed by atoms with van der Waals surface area (Å²) in [6.45, 7) is 1.01. The summed E-state index contributed by atoms with van der Waals surface area (Å²) in [4.78, 5) is 14.9. The van der Waals surface area contributed by atoms with Crippen molar-refractivity contribution in [2.75, 3.05) is 13.7 Å². The van der Waals surface area contributed by atoms with Gasteiger partial charge >= 0.3 is 0 Å². The lowest BCUT2D eigenvalue weighted by molar-refractivity contribution is -0.130. The molecule has 0 saturated carbocycles. The molecule has 2 rings (SSSR count). The lowest BCUT2D eigenvalue weighted by atomic mass is 10.3. The number of hydrogen-bond donors (Lipinski definition) is 0. The Morgan fingerprint density at radius 2 is 2.10 bits per heavy atom. The van der Waals surface area contributed by atoms with Crippen LogP contribution >= 0.6 is 43.2 Å². The second-order valence-corrected chi connectivity index (χ2v) is 7.97. The molecule has 0 saturated heterocycles. The molecule has 0 spiro atoms. The third kappa shape index (κ3) is 5.45. The number of ether oxygens (including phenoxy) is 1. The third-order valence-corrected chi connectivity index (χ3v) is 4.93. The van der Waals surface area contributed by atoms with E-state index in [1.165, 1.54) is 0 Å². The highest BCUT2D eigenvalue weighted by molar-refractivity contribution is 9.11. The Morgan fingerprint density at radius 1 is 1.29 bits per heavy atom. The molecule has 0 aliphatic carbocycles. The monoisotopic (exact) mass is 431 g/mol. The number of carbonyl (C=O) groups is 1. The number of halogens is 2. The van der Waals surface area contributed by atoms with Crippen LogP contribution < -0.4 is 4.74 Å². The van der Waals surface area contributed by atoms with E-state index in [0.717, 1.165) is 18.9 Å². The van der Waals surface area contributed by atoms with E-state index >= 15 is 0 Å². The van der Waals surface area contributed by atoms with Crippen molar-refractivity contribution in [3.05, 3.63) is 49.5 Å².